The van der Waals surface area contributed by atoms with E-state index in [1.54, 1.807) is 7.11 Å². The molecule has 1 aromatic carbocycles. The number of carbonyl (C=O) groups excluding carboxylic acids is 1. The van der Waals surface area contributed by atoms with Gasteiger partial charge in [0.15, 0.2) is 0 Å². The van der Waals surface area contributed by atoms with Crippen LogP contribution in [-0.4, -0.2) is 25.0 Å². The van der Waals surface area contributed by atoms with E-state index in [0.717, 1.165) is 24.9 Å². The van der Waals surface area contributed by atoms with E-state index in [9.17, 15) is 4.79 Å². The van der Waals surface area contributed by atoms with Crippen LogP contribution in [0.1, 0.15) is 38.2 Å². The van der Waals surface area contributed by atoms with Crippen molar-refractivity contribution in [2.75, 3.05) is 12.4 Å². The van der Waals surface area contributed by atoms with Gasteiger partial charge in [0.1, 0.15) is 5.78 Å². The van der Waals surface area contributed by atoms with Crippen LogP contribution in [0.25, 0.3) is 0 Å². The van der Waals surface area contributed by atoms with Crippen LogP contribution in [0, 0.1) is 12.8 Å². The molecule has 1 saturated carbocycles. The number of Topliss-reactive ketones (excluding diaryl/α,β-unsaturated/α-hetero) is 1. The second-order valence-electron chi connectivity index (χ2n) is 5.80. The quantitative estimate of drug-likeness (QED) is 0.892. The summed E-state index contributed by atoms with van der Waals surface area (Å²) < 4.78 is 5.50. The third kappa shape index (κ3) is 3.60. The molecule has 0 saturated heterocycles. The average Bonchev–Trinajstić information content (AvgIpc) is 2.47. The number of anilines is 1. The number of hydrogen-bond donors (Lipinski definition) is 1. The normalized spacial score (nSPS) is 22.4. The van der Waals surface area contributed by atoms with E-state index >= 15 is 0 Å². The van der Waals surface area contributed by atoms with Gasteiger partial charge in [-0.1, -0.05) is 24.1 Å². The summed E-state index contributed by atoms with van der Waals surface area (Å²) in [4.78, 5) is 12.2. The molecule has 1 aromatic rings. The minimum absolute atomic E-state index is 0.0170. The molecule has 0 aliphatic heterocycles. The summed E-state index contributed by atoms with van der Waals surface area (Å²) in [6.07, 6.45) is 3.87. The van der Waals surface area contributed by atoms with Crippen molar-refractivity contribution >= 4 is 11.5 Å². The number of aryl methyl sites for hydroxylation is 1. The lowest BCUT2D eigenvalue weighted by Gasteiger charge is -2.34. The molecule has 0 spiro atoms. The second-order valence-corrected chi connectivity index (χ2v) is 5.80. The number of ketones is 1. The fourth-order valence-corrected chi connectivity index (χ4v) is 2.92. The number of nitrogens with one attached hydrogen (secondary N) is 1. The molecule has 110 valence electrons. The maximum Gasteiger partial charge on any atom is 0.138 e. The summed E-state index contributed by atoms with van der Waals surface area (Å²) in [6, 6.07) is 8.35. The Morgan fingerprint density at radius 2 is 1.95 bits per heavy atom. The number of benzene rings is 1. The van der Waals surface area contributed by atoms with Crippen molar-refractivity contribution in [1.29, 1.82) is 0 Å². The Kier molecular flexibility index (Phi) is 5.18. The summed E-state index contributed by atoms with van der Waals surface area (Å²) in [5.74, 6) is 0.449. The van der Waals surface area contributed by atoms with Gasteiger partial charge in [0.05, 0.1) is 12.1 Å². The standard InChI is InChI=1S/C17H25NO2/c1-12-8-10-14(11-9-12)18-17(13(2)20-3)15-6-4-5-7-16(15)19/h8-11,13,15,17-18H,4-7H2,1-3H3/t13?,15-,17-/m0/s1. The highest BCUT2D eigenvalue weighted by atomic mass is 16.5. The molecule has 0 heterocycles. The molecule has 1 unspecified atom stereocenters. The Morgan fingerprint density at radius 1 is 1.25 bits per heavy atom. The molecule has 1 aliphatic rings. The van der Waals surface area contributed by atoms with E-state index in [2.05, 4.69) is 36.5 Å². The Hall–Kier alpha value is -1.35. The highest BCUT2D eigenvalue weighted by Crippen LogP contribution is 2.28. The number of carbonyl (C=O) groups is 1. The van der Waals surface area contributed by atoms with Gasteiger partial charge in [-0.05, 0) is 38.8 Å². The van der Waals surface area contributed by atoms with Crippen molar-refractivity contribution in [3.63, 3.8) is 0 Å². The predicted molar refractivity (Wildman–Crippen MR) is 82.0 cm³/mol. The first-order valence-electron chi connectivity index (χ1n) is 7.50. The second kappa shape index (κ2) is 6.89. The lowest BCUT2D eigenvalue weighted by Crippen LogP contribution is -2.44. The lowest BCUT2D eigenvalue weighted by atomic mass is 9.81. The van der Waals surface area contributed by atoms with Crippen LogP contribution in [-0.2, 0) is 9.53 Å². The van der Waals surface area contributed by atoms with E-state index in [1.807, 2.05) is 6.92 Å². The Balaban J connectivity index is 2.14. The first-order chi connectivity index (χ1) is 9.61. The highest BCUT2D eigenvalue weighted by molar-refractivity contribution is 5.83. The van der Waals surface area contributed by atoms with Crippen LogP contribution in [0.15, 0.2) is 24.3 Å². The summed E-state index contributed by atoms with van der Waals surface area (Å²) in [6.45, 7) is 4.11. The van der Waals surface area contributed by atoms with Crippen molar-refractivity contribution in [3.8, 4) is 0 Å². The zero-order chi connectivity index (χ0) is 14.5. The lowest BCUT2D eigenvalue weighted by molar-refractivity contribution is -0.126. The van der Waals surface area contributed by atoms with Crippen LogP contribution >= 0.6 is 0 Å². The molecule has 0 amide bonds. The molecule has 1 N–H and O–H groups in total. The maximum absolute atomic E-state index is 12.2. The van der Waals surface area contributed by atoms with Crippen LogP contribution in [0.2, 0.25) is 0 Å². The zero-order valence-corrected chi connectivity index (χ0v) is 12.7. The molecule has 2 rings (SSSR count). The van der Waals surface area contributed by atoms with Gasteiger partial charge in [0.25, 0.3) is 0 Å². The third-order valence-electron chi connectivity index (χ3n) is 4.30. The number of methoxy groups -OCH3 is 1. The van der Waals surface area contributed by atoms with E-state index < -0.39 is 0 Å². The number of rotatable bonds is 5. The molecular weight excluding hydrogens is 250 g/mol. The Bertz CT molecular complexity index is 441. The zero-order valence-electron chi connectivity index (χ0n) is 12.7. The predicted octanol–water partition coefficient (Wildman–Crippen LogP) is 3.57. The van der Waals surface area contributed by atoms with Gasteiger partial charge in [-0.25, -0.2) is 0 Å². The first-order valence-corrected chi connectivity index (χ1v) is 7.50. The molecule has 1 fully saturated rings. The minimum Gasteiger partial charge on any atom is -0.380 e. The maximum atomic E-state index is 12.2. The minimum atomic E-state index is 0.0170. The van der Waals surface area contributed by atoms with Gasteiger partial charge in [-0.15, -0.1) is 0 Å². The smallest absolute Gasteiger partial charge is 0.138 e. The Morgan fingerprint density at radius 3 is 2.55 bits per heavy atom. The molecule has 0 radical (unpaired) electrons. The topological polar surface area (TPSA) is 38.3 Å². The van der Waals surface area contributed by atoms with Crippen molar-refractivity contribution < 1.29 is 9.53 Å². The SMILES string of the molecule is COC(C)[C@H](Nc1ccc(C)cc1)[C@H]1CCCCC1=O. The summed E-state index contributed by atoms with van der Waals surface area (Å²) in [5.41, 5.74) is 2.29. The van der Waals surface area contributed by atoms with Crippen LogP contribution in [0.3, 0.4) is 0 Å². The fraction of sp³-hybridized carbons (Fsp3) is 0.588. The van der Waals surface area contributed by atoms with Gasteiger partial charge < -0.3 is 10.1 Å². The first kappa shape index (κ1) is 15.0. The third-order valence-corrected chi connectivity index (χ3v) is 4.30. The van der Waals surface area contributed by atoms with Gasteiger partial charge in [0.2, 0.25) is 0 Å². The molecule has 3 nitrogen and oxygen atoms in total. The molecule has 3 atom stereocenters. The molecule has 20 heavy (non-hydrogen) atoms. The van der Waals surface area contributed by atoms with E-state index in [0.29, 0.717) is 12.2 Å². The number of ether oxygens (including phenoxy) is 1. The summed E-state index contributed by atoms with van der Waals surface area (Å²) in [7, 11) is 1.71. The fourth-order valence-electron chi connectivity index (χ4n) is 2.92. The summed E-state index contributed by atoms with van der Waals surface area (Å²) >= 11 is 0. The largest absolute Gasteiger partial charge is 0.380 e. The molecule has 1 aliphatic carbocycles. The average molecular weight is 275 g/mol. The van der Waals surface area contributed by atoms with Gasteiger partial charge >= 0.3 is 0 Å². The Labute approximate surface area is 121 Å². The summed E-state index contributed by atoms with van der Waals surface area (Å²) in [5, 5.41) is 3.51. The molecule has 3 heteroatoms. The highest BCUT2D eigenvalue weighted by Gasteiger charge is 2.33. The van der Waals surface area contributed by atoms with Gasteiger partial charge in [-0.3, -0.25) is 4.79 Å². The van der Waals surface area contributed by atoms with Crippen molar-refractivity contribution in [2.24, 2.45) is 5.92 Å². The van der Waals surface area contributed by atoms with Crippen LogP contribution in [0.4, 0.5) is 5.69 Å². The van der Waals surface area contributed by atoms with Crippen LogP contribution in [0.5, 0.6) is 0 Å². The monoisotopic (exact) mass is 275 g/mol. The van der Waals surface area contributed by atoms with Crippen molar-refractivity contribution in [1.82, 2.24) is 0 Å². The molecular formula is C17H25NO2. The van der Waals surface area contributed by atoms with Crippen LogP contribution < -0.4 is 5.32 Å². The number of hydrogen-bond acceptors (Lipinski definition) is 3. The van der Waals surface area contributed by atoms with E-state index in [-0.39, 0.29) is 18.1 Å². The van der Waals surface area contributed by atoms with Crippen molar-refractivity contribution in [3.05, 3.63) is 29.8 Å². The van der Waals surface area contributed by atoms with E-state index in [4.69, 9.17) is 4.74 Å². The molecule has 0 aromatic heterocycles. The van der Waals surface area contributed by atoms with Crippen molar-refractivity contribution in [2.45, 2.75) is 51.7 Å². The van der Waals surface area contributed by atoms with Gasteiger partial charge in [0, 0.05) is 25.1 Å². The van der Waals surface area contributed by atoms with Gasteiger partial charge in [-0.2, -0.15) is 0 Å². The molecule has 0 bridgehead atoms. The van der Waals surface area contributed by atoms with E-state index in [1.165, 1.54) is 5.56 Å².